The molecule has 0 saturated carbocycles. The van der Waals surface area contributed by atoms with Gasteiger partial charge in [-0.2, -0.15) is 0 Å². The first-order valence-corrected chi connectivity index (χ1v) is 10.6. The van der Waals surface area contributed by atoms with E-state index in [-0.39, 0.29) is 25.0 Å². The van der Waals surface area contributed by atoms with E-state index in [4.69, 9.17) is 4.74 Å². The molecule has 7 heteroatoms. The van der Waals surface area contributed by atoms with Crippen molar-refractivity contribution in [2.45, 2.75) is 45.1 Å². The zero-order chi connectivity index (χ0) is 18.4. The quantitative estimate of drug-likeness (QED) is 0.764. The molecule has 0 spiro atoms. The summed E-state index contributed by atoms with van der Waals surface area (Å²) < 4.78 is 31.0. The number of amides is 1. The highest BCUT2D eigenvalue weighted by Gasteiger charge is 2.20. The Kier molecular flexibility index (Phi) is 6.84. The topological polar surface area (TPSA) is 75.7 Å². The summed E-state index contributed by atoms with van der Waals surface area (Å²) in [4.78, 5) is 12.0. The standard InChI is InChI=1S/C18H28N2O4S/c1-14(2)15-6-8-16(9-7-15)20(25(3,22)23)11-10-18(21)19-13-17-5-4-12-24-17/h6-9,14,17H,4-5,10-13H2,1-3H3,(H,19,21). The summed E-state index contributed by atoms with van der Waals surface area (Å²) in [5.41, 5.74) is 1.73. The molecule has 1 atom stereocenters. The van der Waals surface area contributed by atoms with Gasteiger partial charge in [0.05, 0.1) is 18.0 Å². The Bertz CT molecular complexity index is 665. The molecule has 1 aromatic rings. The van der Waals surface area contributed by atoms with Crippen LogP contribution in [0.3, 0.4) is 0 Å². The molecule has 6 nitrogen and oxygen atoms in total. The third kappa shape index (κ3) is 6.01. The van der Waals surface area contributed by atoms with E-state index < -0.39 is 10.0 Å². The van der Waals surface area contributed by atoms with E-state index in [1.807, 2.05) is 12.1 Å². The lowest BCUT2D eigenvalue weighted by Gasteiger charge is -2.23. The minimum atomic E-state index is -3.45. The SMILES string of the molecule is CC(C)c1ccc(N(CCC(=O)NCC2CCCO2)S(C)(=O)=O)cc1. The zero-order valence-electron chi connectivity index (χ0n) is 15.2. The van der Waals surface area contributed by atoms with Crippen LogP contribution in [-0.2, 0) is 19.6 Å². The van der Waals surface area contributed by atoms with E-state index >= 15 is 0 Å². The molecular weight excluding hydrogens is 340 g/mol. The summed E-state index contributed by atoms with van der Waals surface area (Å²) in [6.07, 6.45) is 3.34. The zero-order valence-corrected chi connectivity index (χ0v) is 16.0. The number of hydrogen-bond donors (Lipinski definition) is 1. The Hall–Kier alpha value is -1.60. The van der Waals surface area contributed by atoms with Crippen molar-refractivity contribution in [1.82, 2.24) is 5.32 Å². The van der Waals surface area contributed by atoms with Gasteiger partial charge in [-0.05, 0) is 36.5 Å². The number of nitrogens with one attached hydrogen (secondary N) is 1. The van der Waals surface area contributed by atoms with Crippen LogP contribution in [-0.4, -0.2) is 46.4 Å². The maximum atomic E-state index is 12.1. The Morgan fingerprint density at radius 2 is 2.00 bits per heavy atom. The molecule has 0 bridgehead atoms. The third-order valence-electron chi connectivity index (χ3n) is 4.34. The summed E-state index contributed by atoms with van der Waals surface area (Å²) >= 11 is 0. The number of rotatable bonds is 8. The number of carbonyl (C=O) groups excluding carboxylic acids is 1. The summed E-state index contributed by atoms with van der Waals surface area (Å²) in [5, 5.41) is 2.82. The molecule has 140 valence electrons. The fourth-order valence-electron chi connectivity index (χ4n) is 2.84. The van der Waals surface area contributed by atoms with Crippen molar-refractivity contribution in [3.63, 3.8) is 0 Å². The Morgan fingerprint density at radius 1 is 1.32 bits per heavy atom. The summed E-state index contributed by atoms with van der Waals surface area (Å²) in [6.45, 7) is 5.52. The van der Waals surface area contributed by atoms with Crippen molar-refractivity contribution in [2.24, 2.45) is 0 Å². The minimum absolute atomic E-state index is 0.0820. The smallest absolute Gasteiger partial charge is 0.232 e. The molecule has 0 aromatic heterocycles. The van der Waals surface area contributed by atoms with Gasteiger partial charge in [0.25, 0.3) is 0 Å². The number of nitrogens with zero attached hydrogens (tertiary/aromatic N) is 1. The van der Waals surface area contributed by atoms with Gasteiger partial charge in [0, 0.05) is 26.1 Å². The van der Waals surface area contributed by atoms with Gasteiger partial charge in [-0.3, -0.25) is 9.10 Å². The normalized spacial score (nSPS) is 17.7. The van der Waals surface area contributed by atoms with Crippen LogP contribution in [0.25, 0.3) is 0 Å². The number of benzene rings is 1. The molecule has 25 heavy (non-hydrogen) atoms. The first-order chi connectivity index (χ1) is 11.8. The highest BCUT2D eigenvalue weighted by Crippen LogP contribution is 2.22. The van der Waals surface area contributed by atoms with Crippen LogP contribution in [0.4, 0.5) is 5.69 Å². The van der Waals surface area contributed by atoms with Crippen LogP contribution in [0.1, 0.15) is 44.6 Å². The number of sulfonamides is 1. The summed E-state index contributed by atoms with van der Waals surface area (Å²) in [7, 11) is -3.45. The molecule has 0 radical (unpaired) electrons. The van der Waals surface area contributed by atoms with Gasteiger partial charge >= 0.3 is 0 Å². The predicted molar refractivity (Wildman–Crippen MR) is 99.3 cm³/mol. The number of ether oxygens (including phenoxy) is 1. The lowest BCUT2D eigenvalue weighted by Crippen LogP contribution is -2.36. The van der Waals surface area contributed by atoms with E-state index in [1.54, 1.807) is 12.1 Å². The van der Waals surface area contributed by atoms with Gasteiger partial charge in [0.15, 0.2) is 0 Å². The van der Waals surface area contributed by atoms with Crippen molar-refractivity contribution in [2.75, 3.05) is 30.3 Å². The molecule has 0 aliphatic carbocycles. The van der Waals surface area contributed by atoms with Crippen molar-refractivity contribution < 1.29 is 17.9 Å². The summed E-state index contributed by atoms with van der Waals surface area (Å²) in [5.74, 6) is 0.215. The third-order valence-corrected chi connectivity index (χ3v) is 5.53. The largest absolute Gasteiger partial charge is 0.376 e. The van der Waals surface area contributed by atoms with Crippen LogP contribution in [0.15, 0.2) is 24.3 Å². The van der Waals surface area contributed by atoms with E-state index in [2.05, 4.69) is 19.2 Å². The molecule has 1 unspecified atom stereocenters. The molecule has 1 heterocycles. The molecular formula is C18H28N2O4S. The molecule has 1 aliphatic rings. The van der Waals surface area contributed by atoms with Crippen molar-refractivity contribution in [3.8, 4) is 0 Å². The Balaban J connectivity index is 1.94. The second-order valence-corrected chi connectivity index (χ2v) is 8.68. The van der Waals surface area contributed by atoms with Gasteiger partial charge in [-0.15, -0.1) is 0 Å². The molecule has 2 rings (SSSR count). The van der Waals surface area contributed by atoms with Gasteiger partial charge in [0.1, 0.15) is 0 Å². The van der Waals surface area contributed by atoms with Crippen molar-refractivity contribution >= 4 is 21.6 Å². The molecule has 1 aromatic carbocycles. The number of hydrogen-bond acceptors (Lipinski definition) is 4. The highest BCUT2D eigenvalue weighted by atomic mass is 32.2. The fourth-order valence-corrected chi connectivity index (χ4v) is 3.76. The van der Waals surface area contributed by atoms with Crippen LogP contribution in [0, 0.1) is 0 Å². The second-order valence-electron chi connectivity index (χ2n) is 6.77. The monoisotopic (exact) mass is 368 g/mol. The van der Waals surface area contributed by atoms with Gasteiger partial charge in [0.2, 0.25) is 15.9 Å². The molecule has 1 amide bonds. The summed E-state index contributed by atoms with van der Waals surface area (Å²) in [6, 6.07) is 7.44. The lowest BCUT2D eigenvalue weighted by atomic mass is 10.0. The van der Waals surface area contributed by atoms with Gasteiger partial charge < -0.3 is 10.1 Å². The van der Waals surface area contributed by atoms with E-state index in [1.165, 1.54) is 4.31 Å². The van der Waals surface area contributed by atoms with Crippen LogP contribution >= 0.6 is 0 Å². The maximum absolute atomic E-state index is 12.1. The minimum Gasteiger partial charge on any atom is -0.376 e. The van der Waals surface area contributed by atoms with Gasteiger partial charge in [-0.25, -0.2) is 8.42 Å². The maximum Gasteiger partial charge on any atom is 0.232 e. The van der Waals surface area contributed by atoms with Crippen molar-refractivity contribution in [1.29, 1.82) is 0 Å². The molecule has 1 fully saturated rings. The Morgan fingerprint density at radius 3 is 2.52 bits per heavy atom. The van der Waals surface area contributed by atoms with Crippen molar-refractivity contribution in [3.05, 3.63) is 29.8 Å². The average Bonchev–Trinajstić information content (AvgIpc) is 3.05. The Labute approximate surface area is 150 Å². The molecule has 1 saturated heterocycles. The van der Waals surface area contributed by atoms with Crippen LogP contribution in [0.2, 0.25) is 0 Å². The molecule has 1 aliphatic heterocycles. The van der Waals surface area contributed by atoms with E-state index in [0.717, 1.165) is 31.3 Å². The lowest BCUT2D eigenvalue weighted by molar-refractivity contribution is -0.121. The van der Waals surface area contributed by atoms with E-state index in [9.17, 15) is 13.2 Å². The van der Waals surface area contributed by atoms with Gasteiger partial charge in [-0.1, -0.05) is 26.0 Å². The average molecular weight is 368 g/mol. The first kappa shape index (κ1) is 19.7. The first-order valence-electron chi connectivity index (χ1n) is 8.73. The van der Waals surface area contributed by atoms with Crippen LogP contribution < -0.4 is 9.62 Å². The van der Waals surface area contributed by atoms with E-state index in [0.29, 0.717) is 18.2 Å². The highest BCUT2D eigenvalue weighted by molar-refractivity contribution is 7.92. The second kappa shape index (κ2) is 8.67. The number of anilines is 1. The fraction of sp³-hybridized carbons (Fsp3) is 0.611. The predicted octanol–water partition coefficient (Wildman–Crippen LogP) is 2.26. The van der Waals surface area contributed by atoms with Crippen LogP contribution in [0.5, 0.6) is 0 Å². The number of carbonyl (C=O) groups is 1. The molecule has 1 N–H and O–H groups in total.